The monoisotopic (exact) mass is 225 g/mol. The smallest absolute Gasteiger partial charge is 0.234 e. The van der Waals surface area contributed by atoms with Gasteiger partial charge in [0.15, 0.2) is 0 Å². The molecule has 0 aromatic carbocycles. The van der Waals surface area contributed by atoms with Gasteiger partial charge in [-0.25, -0.2) is 0 Å². The van der Waals surface area contributed by atoms with E-state index in [1.54, 1.807) is 0 Å². The van der Waals surface area contributed by atoms with Crippen LogP contribution in [0.15, 0.2) is 0 Å². The molecule has 0 unspecified atom stereocenters. The third-order valence-electron chi connectivity index (χ3n) is 3.13. The van der Waals surface area contributed by atoms with Gasteiger partial charge in [0.2, 0.25) is 6.85 Å². The molecule has 0 aliphatic rings. The van der Waals surface area contributed by atoms with Crippen molar-refractivity contribution in [2.24, 2.45) is 0 Å². The molecule has 2 heteroatoms. The van der Waals surface area contributed by atoms with Crippen LogP contribution in [0.3, 0.4) is 0 Å². The molecule has 0 rings (SSSR count). The Kier molecular flexibility index (Phi) is 5.13. The second-order valence-electron chi connectivity index (χ2n) is 7.77. The molecule has 0 bridgehead atoms. The lowest BCUT2D eigenvalue weighted by molar-refractivity contribution is 0.278. The van der Waals surface area contributed by atoms with Crippen molar-refractivity contribution in [2.75, 3.05) is 0 Å². The summed E-state index contributed by atoms with van der Waals surface area (Å²) in [5.41, 5.74) is 0. The van der Waals surface area contributed by atoms with E-state index in [0.717, 1.165) is 0 Å². The van der Waals surface area contributed by atoms with Crippen molar-refractivity contribution in [3.63, 3.8) is 0 Å². The minimum atomic E-state index is 0.312. The van der Waals surface area contributed by atoms with Gasteiger partial charge in [0, 0.05) is 0 Å². The van der Waals surface area contributed by atoms with Crippen LogP contribution in [-0.2, 0) is 0 Å². The molecular weight excluding hydrogens is 193 g/mol. The van der Waals surface area contributed by atoms with E-state index in [1.807, 2.05) is 0 Å². The summed E-state index contributed by atoms with van der Waals surface area (Å²) in [5.74, 6) is 0. The molecule has 0 aliphatic heterocycles. The van der Waals surface area contributed by atoms with Gasteiger partial charge in [0.25, 0.3) is 0 Å². The molecule has 0 saturated carbocycles. The fourth-order valence-electron chi connectivity index (χ4n) is 3.39. The lowest BCUT2D eigenvalue weighted by Crippen LogP contribution is -2.56. The number of nitrogens with zero attached hydrogens (tertiary/aromatic N) is 1. The fraction of sp³-hybridized carbons (Fsp3) is 1.00. The SMILES string of the molecule is CC(C)N(B(C(C)(C)C)C(C)(C)C)C(C)C. The Bertz CT molecular complexity index is 186. The van der Waals surface area contributed by atoms with Crippen LogP contribution in [0, 0.1) is 0 Å². The van der Waals surface area contributed by atoms with Crippen molar-refractivity contribution in [1.29, 1.82) is 0 Å². The maximum atomic E-state index is 2.67. The molecule has 1 nitrogen and oxygen atoms in total. The van der Waals surface area contributed by atoms with E-state index in [-0.39, 0.29) is 0 Å². The molecule has 0 atom stereocenters. The van der Waals surface area contributed by atoms with E-state index in [2.05, 4.69) is 74.0 Å². The molecule has 0 aromatic heterocycles. The Balaban J connectivity index is 5.32. The zero-order chi connectivity index (χ0) is 13.3. The fourth-order valence-corrected chi connectivity index (χ4v) is 3.39. The Morgan fingerprint density at radius 3 is 1.00 bits per heavy atom. The Morgan fingerprint density at radius 2 is 0.938 bits per heavy atom. The molecule has 0 N–H and O–H groups in total. The summed E-state index contributed by atoms with van der Waals surface area (Å²) in [6.45, 7) is 24.0. The average molecular weight is 225 g/mol. The van der Waals surface area contributed by atoms with Crippen LogP contribution in [0.25, 0.3) is 0 Å². The van der Waals surface area contributed by atoms with Gasteiger partial charge in [-0.05, 0) is 22.7 Å². The second-order valence-corrected chi connectivity index (χ2v) is 7.77. The normalized spacial score (nSPS) is 14.1. The van der Waals surface area contributed by atoms with E-state index in [0.29, 0.717) is 29.6 Å². The van der Waals surface area contributed by atoms with Gasteiger partial charge in [-0.2, -0.15) is 0 Å². The van der Waals surface area contributed by atoms with Gasteiger partial charge < -0.3 is 4.81 Å². The van der Waals surface area contributed by atoms with Crippen LogP contribution < -0.4 is 0 Å². The van der Waals surface area contributed by atoms with Crippen molar-refractivity contribution >= 4 is 6.85 Å². The van der Waals surface area contributed by atoms with Gasteiger partial charge in [-0.1, -0.05) is 69.2 Å². The molecule has 96 valence electrons. The third-order valence-corrected chi connectivity index (χ3v) is 3.13. The maximum absolute atomic E-state index is 2.67. The van der Waals surface area contributed by atoms with Gasteiger partial charge in [0.05, 0.1) is 0 Å². The summed E-state index contributed by atoms with van der Waals surface area (Å²) in [5, 5.41) is 0.625. The number of rotatable bonds is 3. The molecule has 0 radical (unpaired) electrons. The van der Waals surface area contributed by atoms with Crippen LogP contribution in [0.5, 0.6) is 0 Å². The van der Waals surface area contributed by atoms with E-state index >= 15 is 0 Å². The van der Waals surface area contributed by atoms with Crippen LogP contribution in [0.4, 0.5) is 0 Å². The third kappa shape index (κ3) is 4.12. The topological polar surface area (TPSA) is 3.24 Å². The minimum absolute atomic E-state index is 0.312. The summed E-state index contributed by atoms with van der Waals surface area (Å²) >= 11 is 0. The van der Waals surface area contributed by atoms with Crippen LogP contribution in [0.1, 0.15) is 69.2 Å². The Morgan fingerprint density at radius 1 is 0.688 bits per heavy atom. The predicted octanol–water partition coefficient (Wildman–Crippen LogP) is 4.70. The quantitative estimate of drug-likeness (QED) is 0.629. The van der Waals surface area contributed by atoms with Crippen molar-refractivity contribution in [3.05, 3.63) is 0 Å². The van der Waals surface area contributed by atoms with Crippen molar-refractivity contribution in [1.82, 2.24) is 4.81 Å². The van der Waals surface area contributed by atoms with Crippen molar-refractivity contribution < 1.29 is 0 Å². The lowest BCUT2D eigenvalue weighted by atomic mass is 9.30. The average Bonchev–Trinajstić information content (AvgIpc) is 1.93. The van der Waals surface area contributed by atoms with Gasteiger partial charge in [0.1, 0.15) is 0 Å². The van der Waals surface area contributed by atoms with Gasteiger partial charge in [-0.15, -0.1) is 0 Å². The van der Waals surface area contributed by atoms with Crippen molar-refractivity contribution in [2.45, 2.75) is 91.9 Å². The first kappa shape index (κ1) is 16.0. The van der Waals surface area contributed by atoms with E-state index < -0.39 is 0 Å². The summed E-state index contributed by atoms with van der Waals surface area (Å²) in [6.07, 6.45) is 0. The second kappa shape index (κ2) is 5.12. The predicted molar refractivity (Wildman–Crippen MR) is 77.3 cm³/mol. The molecule has 0 spiro atoms. The summed E-state index contributed by atoms with van der Waals surface area (Å²) in [6, 6.07) is 1.20. The highest BCUT2D eigenvalue weighted by Gasteiger charge is 2.45. The lowest BCUT2D eigenvalue weighted by Gasteiger charge is -2.48. The molecule has 0 aliphatic carbocycles. The van der Waals surface area contributed by atoms with Gasteiger partial charge >= 0.3 is 0 Å². The standard InChI is InChI=1S/C14H32BN/c1-11(2)16(12(3)4)15(13(5,6)7)14(8,9)10/h11-12H,1-10H3. The van der Waals surface area contributed by atoms with Crippen molar-refractivity contribution in [3.8, 4) is 0 Å². The van der Waals surface area contributed by atoms with E-state index in [9.17, 15) is 0 Å². The maximum Gasteiger partial charge on any atom is 0.234 e. The molecule has 0 heterocycles. The van der Waals surface area contributed by atoms with Crippen LogP contribution in [-0.4, -0.2) is 23.7 Å². The molecule has 0 amide bonds. The first-order valence-electron chi connectivity index (χ1n) is 6.66. The highest BCUT2D eigenvalue weighted by molar-refractivity contribution is 6.62. The molecule has 0 aromatic rings. The number of hydrogen-bond donors (Lipinski definition) is 0. The zero-order valence-corrected chi connectivity index (χ0v) is 13.2. The van der Waals surface area contributed by atoms with E-state index in [4.69, 9.17) is 0 Å². The Labute approximate surface area is 104 Å². The molecule has 0 fully saturated rings. The summed E-state index contributed by atoms with van der Waals surface area (Å²) in [7, 11) is 0. The highest BCUT2D eigenvalue weighted by atomic mass is 15.1. The minimum Gasteiger partial charge on any atom is -0.337 e. The molecular formula is C14H32BN. The zero-order valence-electron chi connectivity index (χ0n) is 13.2. The first-order chi connectivity index (χ1) is 6.89. The molecule has 0 saturated heterocycles. The highest BCUT2D eigenvalue weighted by Crippen LogP contribution is 2.44. The van der Waals surface area contributed by atoms with Crippen LogP contribution >= 0.6 is 0 Å². The van der Waals surface area contributed by atoms with Gasteiger partial charge in [-0.3, -0.25) is 0 Å². The van der Waals surface area contributed by atoms with Crippen LogP contribution in [0.2, 0.25) is 10.6 Å². The largest absolute Gasteiger partial charge is 0.337 e. The molecule has 16 heavy (non-hydrogen) atoms. The summed E-state index contributed by atoms with van der Waals surface area (Å²) in [4.78, 5) is 2.67. The number of hydrogen-bond acceptors (Lipinski definition) is 1. The summed E-state index contributed by atoms with van der Waals surface area (Å²) < 4.78 is 0. The first-order valence-corrected chi connectivity index (χ1v) is 6.66. The van der Waals surface area contributed by atoms with E-state index in [1.165, 1.54) is 0 Å². The Hall–Kier alpha value is 0.0249.